The van der Waals surface area contributed by atoms with Crippen LogP contribution < -0.4 is 15.5 Å². The van der Waals surface area contributed by atoms with Crippen molar-refractivity contribution in [2.75, 3.05) is 12.4 Å². The van der Waals surface area contributed by atoms with Crippen LogP contribution >= 0.6 is 0 Å². The molecule has 28 heavy (non-hydrogen) atoms. The summed E-state index contributed by atoms with van der Waals surface area (Å²) in [6.07, 6.45) is 1.65. The van der Waals surface area contributed by atoms with Crippen molar-refractivity contribution >= 4 is 39.5 Å². The smallest absolute Gasteiger partial charge is 0.339 e. The number of methoxy groups -OCH3 is 1. The molecular formula is C23H19N3O2. The fourth-order valence-corrected chi connectivity index (χ4v) is 3.11. The third-order valence-electron chi connectivity index (χ3n) is 4.50. The highest BCUT2D eigenvalue weighted by atomic mass is 16.5. The van der Waals surface area contributed by atoms with Crippen molar-refractivity contribution in [1.82, 2.24) is 5.43 Å². The van der Waals surface area contributed by atoms with Gasteiger partial charge in [-0.25, -0.2) is 10.2 Å². The highest BCUT2D eigenvalue weighted by molar-refractivity contribution is 6.00. The molecule has 0 aliphatic rings. The lowest BCUT2D eigenvalue weighted by Crippen LogP contribution is -2.24. The fraction of sp³-hybridized carbons (Fsp3) is 0.0435. The van der Waals surface area contributed by atoms with Crippen LogP contribution in [0.5, 0.6) is 5.75 Å². The van der Waals surface area contributed by atoms with Crippen LogP contribution in [0.4, 0.5) is 10.5 Å². The molecule has 0 saturated heterocycles. The Bertz CT molecular complexity index is 1180. The fourth-order valence-electron chi connectivity index (χ4n) is 3.11. The van der Waals surface area contributed by atoms with E-state index < -0.39 is 6.03 Å². The van der Waals surface area contributed by atoms with Gasteiger partial charge in [-0.1, -0.05) is 54.6 Å². The molecule has 2 amide bonds. The highest BCUT2D eigenvalue weighted by Crippen LogP contribution is 2.23. The molecule has 0 saturated carbocycles. The third-order valence-corrected chi connectivity index (χ3v) is 4.50. The quantitative estimate of drug-likeness (QED) is 0.386. The molecule has 0 fully saturated rings. The molecule has 138 valence electrons. The van der Waals surface area contributed by atoms with Crippen LogP contribution in [0, 0.1) is 0 Å². The van der Waals surface area contributed by atoms with Crippen LogP contribution in [0.15, 0.2) is 84.0 Å². The largest absolute Gasteiger partial charge is 0.497 e. The van der Waals surface area contributed by atoms with Gasteiger partial charge >= 0.3 is 6.03 Å². The van der Waals surface area contributed by atoms with Gasteiger partial charge in [0.25, 0.3) is 0 Å². The van der Waals surface area contributed by atoms with Crippen LogP contribution in [0.25, 0.3) is 21.5 Å². The molecular weight excluding hydrogens is 350 g/mol. The Balaban J connectivity index is 1.44. The first kappa shape index (κ1) is 17.5. The number of ether oxygens (including phenoxy) is 1. The lowest BCUT2D eigenvalue weighted by molar-refractivity contribution is 0.252. The number of fused-ring (bicyclic) bond motifs is 2. The van der Waals surface area contributed by atoms with E-state index in [1.165, 1.54) is 0 Å². The van der Waals surface area contributed by atoms with Crippen molar-refractivity contribution in [3.8, 4) is 5.75 Å². The summed E-state index contributed by atoms with van der Waals surface area (Å²) in [5.41, 5.74) is 4.14. The Morgan fingerprint density at radius 2 is 1.68 bits per heavy atom. The standard InChI is InChI=1S/C23H19N3O2/c1-28-21-12-10-17-13-20(11-9-18(17)14-21)25-23(27)26-24-15-19-7-4-6-16-5-2-3-8-22(16)19/h2-15H,1H3,(H2,25,26,27)/b24-15+. The van der Waals surface area contributed by atoms with Gasteiger partial charge in [0.15, 0.2) is 0 Å². The zero-order valence-corrected chi connectivity index (χ0v) is 15.3. The first-order valence-electron chi connectivity index (χ1n) is 8.88. The van der Waals surface area contributed by atoms with Crippen molar-refractivity contribution < 1.29 is 9.53 Å². The zero-order valence-electron chi connectivity index (χ0n) is 15.3. The zero-order chi connectivity index (χ0) is 19.3. The molecule has 5 heteroatoms. The average molecular weight is 369 g/mol. The van der Waals surface area contributed by atoms with Gasteiger partial charge in [-0.2, -0.15) is 5.10 Å². The second-order valence-electron chi connectivity index (χ2n) is 6.32. The van der Waals surface area contributed by atoms with Gasteiger partial charge in [0.05, 0.1) is 13.3 Å². The summed E-state index contributed by atoms with van der Waals surface area (Å²) in [4.78, 5) is 12.1. The molecule has 0 radical (unpaired) electrons. The molecule has 4 rings (SSSR count). The minimum atomic E-state index is -0.399. The number of nitrogens with one attached hydrogen (secondary N) is 2. The predicted octanol–water partition coefficient (Wildman–Crippen LogP) is 5.16. The van der Waals surface area contributed by atoms with E-state index in [4.69, 9.17) is 4.74 Å². The summed E-state index contributed by atoms with van der Waals surface area (Å²) in [6, 6.07) is 25.1. The molecule has 0 aliphatic heterocycles. The summed E-state index contributed by atoms with van der Waals surface area (Å²) in [7, 11) is 1.64. The Labute approximate surface area is 162 Å². The molecule has 0 atom stereocenters. The number of carbonyl (C=O) groups excluding carboxylic acids is 1. The molecule has 5 nitrogen and oxygen atoms in total. The number of rotatable bonds is 4. The van der Waals surface area contributed by atoms with E-state index in [1.54, 1.807) is 13.3 Å². The highest BCUT2D eigenvalue weighted by Gasteiger charge is 2.03. The number of carbonyl (C=O) groups is 1. The maximum atomic E-state index is 12.1. The Kier molecular flexibility index (Phi) is 4.89. The summed E-state index contributed by atoms with van der Waals surface area (Å²) in [5.74, 6) is 0.800. The van der Waals surface area contributed by atoms with Gasteiger partial charge in [0, 0.05) is 11.3 Å². The lowest BCUT2D eigenvalue weighted by atomic mass is 10.1. The van der Waals surface area contributed by atoms with Crippen molar-refractivity contribution in [2.45, 2.75) is 0 Å². The minimum absolute atomic E-state index is 0.399. The molecule has 0 aromatic heterocycles. The van der Waals surface area contributed by atoms with Crippen LogP contribution in [0.3, 0.4) is 0 Å². The van der Waals surface area contributed by atoms with Crippen LogP contribution in [-0.4, -0.2) is 19.4 Å². The van der Waals surface area contributed by atoms with Crippen molar-refractivity contribution in [3.63, 3.8) is 0 Å². The van der Waals surface area contributed by atoms with Gasteiger partial charge in [-0.15, -0.1) is 0 Å². The second-order valence-corrected chi connectivity index (χ2v) is 6.32. The van der Waals surface area contributed by atoms with E-state index in [0.717, 1.165) is 32.9 Å². The van der Waals surface area contributed by atoms with Crippen LogP contribution in [-0.2, 0) is 0 Å². The topological polar surface area (TPSA) is 62.7 Å². The van der Waals surface area contributed by atoms with Crippen molar-refractivity contribution in [3.05, 3.63) is 84.4 Å². The predicted molar refractivity (Wildman–Crippen MR) is 114 cm³/mol. The first-order chi connectivity index (χ1) is 13.7. The number of hydrogen-bond donors (Lipinski definition) is 2. The summed E-state index contributed by atoms with van der Waals surface area (Å²) < 4.78 is 5.23. The minimum Gasteiger partial charge on any atom is -0.497 e. The third kappa shape index (κ3) is 3.78. The number of nitrogens with zero attached hydrogens (tertiary/aromatic N) is 1. The van der Waals surface area contributed by atoms with E-state index in [2.05, 4.69) is 15.8 Å². The van der Waals surface area contributed by atoms with Crippen LogP contribution in [0.1, 0.15) is 5.56 Å². The number of anilines is 1. The lowest BCUT2D eigenvalue weighted by Gasteiger charge is -2.07. The van der Waals surface area contributed by atoms with E-state index in [-0.39, 0.29) is 0 Å². The molecule has 0 unspecified atom stereocenters. The molecule has 0 bridgehead atoms. The summed E-state index contributed by atoms with van der Waals surface area (Å²) in [5, 5.41) is 11.1. The number of urea groups is 1. The molecule has 0 aliphatic carbocycles. The SMILES string of the molecule is COc1ccc2cc(NC(=O)N/N=C/c3cccc4ccccc34)ccc2c1. The van der Waals surface area contributed by atoms with Crippen molar-refractivity contribution in [1.29, 1.82) is 0 Å². The Morgan fingerprint density at radius 1 is 0.893 bits per heavy atom. The van der Waals surface area contributed by atoms with Gasteiger partial charge in [0.2, 0.25) is 0 Å². The number of benzene rings is 4. The van der Waals surface area contributed by atoms with Gasteiger partial charge < -0.3 is 10.1 Å². The first-order valence-corrected chi connectivity index (χ1v) is 8.88. The monoisotopic (exact) mass is 369 g/mol. The van der Waals surface area contributed by atoms with E-state index >= 15 is 0 Å². The molecule has 4 aromatic carbocycles. The molecule has 0 heterocycles. The van der Waals surface area contributed by atoms with Gasteiger partial charge in [-0.05, 0) is 45.8 Å². The number of amides is 2. The van der Waals surface area contributed by atoms with E-state index in [0.29, 0.717) is 5.69 Å². The van der Waals surface area contributed by atoms with Crippen LogP contribution in [0.2, 0.25) is 0 Å². The number of hydrazone groups is 1. The van der Waals surface area contributed by atoms with Gasteiger partial charge in [0.1, 0.15) is 5.75 Å². The molecule has 2 N–H and O–H groups in total. The maximum Gasteiger partial charge on any atom is 0.339 e. The maximum absolute atomic E-state index is 12.1. The molecule has 4 aromatic rings. The summed E-state index contributed by atoms with van der Waals surface area (Å²) >= 11 is 0. The average Bonchev–Trinajstić information content (AvgIpc) is 2.73. The summed E-state index contributed by atoms with van der Waals surface area (Å²) in [6.45, 7) is 0. The van der Waals surface area contributed by atoms with E-state index in [1.807, 2.05) is 78.9 Å². The van der Waals surface area contributed by atoms with E-state index in [9.17, 15) is 4.79 Å². The Morgan fingerprint density at radius 3 is 2.57 bits per heavy atom. The van der Waals surface area contributed by atoms with Crippen molar-refractivity contribution in [2.24, 2.45) is 5.10 Å². The Hall–Kier alpha value is -3.86. The van der Waals surface area contributed by atoms with Gasteiger partial charge in [-0.3, -0.25) is 0 Å². The molecule has 0 spiro atoms. The number of hydrogen-bond acceptors (Lipinski definition) is 3. The normalized spacial score (nSPS) is 11.0. The second kappa shape index (κ2) is 7.80.